The van der Waals surface area contributed by atoms with Crippen LogP contribution < -0.4 is 14.9 Å². The molecule has 0 aromatic heterocycles. The fraction of sp³-hybridized carbons (Fsp3) is 0.429. The van der Waals surface area contributed by atoms with Gasteiger partial charge in [0.25, 0.3) is 0 Å². The van der Waals surface area contributed by atoms with Gasteiger partial charge in [0.15, 0.2) is 0 Å². The Kier molecular flexibility index (Phi) is 7.55. The number of para-hydroxylation sites is 1. The molecule has 3 atom stereocenters. The van der Waals surface area contributed by atoms with Crippen LogP contribution in [0.3, 0.4) is 0 Å². The molecule has 2 N–H and O–H groups in total. The molecule has 3 rings (SSSR count). The van der Waals surface area contributed by atoms with Crippen molar-refractivity contribution in [2.24, 2.45) is 0 Å². The predicted molar refractivity (Wildman–Crippen MR) is 112 cm³/mol. The molecule has 2 aromatic rings. The predicted octanol–water partition coefficient (Wildman–Crippen LogP) is 2.63. The van der Waals surface area contributed by atoms with Crippen molar-refractivity contribution in [3.8, 4) is 0 Å². The minimum absolute atomic E-state index is 0.0810. The second-order valence-electron chi connectivity index (χ2n) is 6.94. The third kappa shape index (κ3) is 6.23. The van der Waals surface area contributed by atoms with Crippen LogP contribution in [-0.4, -0.2) is 43.2 Å². The van der Waals surface area contributed by atoms with Gasteiger partial charge in [0, 0.05) is 43.2 Å². The lowest BCUT2D eigenvalue weighted by atomic mass is 10.1. The lowest BCUT2D eigenvalue weighted by Gasteiger charge is -2.34. The fourth-order valence-electron chi connectivity index (χ4n) is 3.33. The maximum Gasteiger partial charge on any atom is 0.115 e. The first-order valence-corrected chi connectivity index (χ1v) is 11.0. The Hall–Kier alpha value is -1.57. The number of nitrogens with one attached hydrogen (secondary N) is 2. The highest BCUT2D eigenvalue weighted by molar-refractivity contribution is 7.88. The van der Waals surface area contributed by atoms with Crippen LogP contribution in [0.15, 0.2) is 54.6 Å². The van der Waals surface area contributed by atoms with Crippen LogP contribution >= 0.6 is 0 Å². The van der Waals surface area contributed by atoms with Gasteiger partial charge in [0.1, 0.15) is 6.26 Å². The van der Waals surface area contributed by atoms with Crippen molar-refractivity contribution in [2.75, 3.05) is 37.4 Å². The Morgan fingerprint density at radius 2 is 1.93 bits per heavy atom. The van der Waals surface area contributed by atoms with E-state index in [-0.39, 0.29) is 12.1 Å². The van der Waals surface area contributed by atoms with Gasteiger partial charge in [0.2, 0.25) is 0 Å². The lowest BCUT2D eigenvalue weighted by molar-refractivity contribution is 0.0407. The van der Waals surface area contributed by atoms with Gasteiger partial charge in [-0.15, -0.1) is 4.72 Å². The SMILES string of the molecule is C[C@@H](N[S+](C)[O-])c1ccc(CNCC2CN(c3ccccc3)CCO2)cc1. The quantitative estimate of drug-likeness (QED) is 0.682. The lowest BCUT2D eigenvalue weighted by Crippen LogP contribution is -2.46. The normalized spacial score (nSPS) is 19.7. The summed E-state index contributed by atoms with van der Waals surface area (Å²) in [4.78, 5) is 2.39. The van der Waals surface area contributed by atoms with Crippen molar-refractivity contribution in [1.82, 2.24) is 10.0 Å². The summed E-state index contributed by atoms with van der Waals surface area (Å²) in [6.45, 7) is 6.28. The summed E-state index contributed by atoms with van der Waals surface area (Å²) in [5, 5.41) is 3.51. The van der Waals surface area contributed by atoms with Crippen LogP contribution in [0.5, 0.6) is 0 Å². The van der Waals surface area contributed by atoms with E-state index in [1.807, 2.05) is 13.0 Å². The van der Waals surface area contributed by atoms with Crippen molar-refractivity contribution < 1.29 is 9.29 Å². The van der Waals surface area contributed by atoms with Crippen LogP contribution in [0.4, 0.5) is 5.69 Å². The molecule has 0 saturated carbocycles. The molecule has 0 amide bonds. The third-order valence-electron chi connectivity index (χ3n) is 4.78. The summed E-state index contributed by atoms with van der Waals surface area (Å²) >= 11 is -1.01. The molecular formula is C21H29N3O2S. The first-order valence-electron chi connectivity index (χ1n) is 9.42. The number of ether oxygens (including phenoxy) is 1. The first kappa shape index (κ1) is 20.2. The molecule has 1 saturated heterocycles. The Labute approximate surface area is 165 Å². The maximum absolute atomic E-state index is 11.3. The van der Waals surface area contributed by atoms with E-state index in [4.69, 9.17) is 4.74 Å². The molecule has 2 unspecified atom stereocenters. The summed E-state index contributed by atoms with van der Waals surface area (Å²) < 4.78 is 20.2. The van der Waals surface area contributed by atoms with E-state index < -0.39 is 11.4 Å². The number of hydrogen-bond donors (Lipinski definition) is 2. The monoisotopic (exact) mass is 387 g/mol. The van der Waals surface area contributed by atoms with Gasteiger partial charge in [-0.2, -0.15) is 0 Å². The first-order chi connectivity index (χ1) is 13.1. The molecule has 1 heterocycles. The second-order valence-corrected chi connectivity index (χ2v) is 8.08. The number of benzene rings is 2. The number of hydrogen-bond acceptors (Lipinski definition) is 5. The molecule has 0 radical (unpaired) electrons. The largest absolute Gasteiger partial charge is 0.598 e. The standard InChI is InChI=1S/C21H29N3O2S/c1-17(23-27(2)25)19-10-8-18(9-11-19)14-22-15-21-16-24(12-13-26-21)20-6-4-3-5-7-20/h3-11,17,21-23H,12-16H2,1-2H3/t17-,21?,27?/m1/s1. The minimum Gasteiger partial charge on any atom is -0.598 e. The fourth-order valence-corrected chi connectivity index (χ4v) is 3.97. The van der Waals surface area contributed by atoms with Crippen molar-refractivity contribution in [3.63, 3.8) is 0 Å². The van der Waals surface area contributed by atoms with Crippen LogP contribution in [0, 0.1) is 0 Å². The topological polar surface area (TPSA) is 59.6 Å². The van der Waals surface area contributed by atoms with E-state index in [1.165, 1.54) is 11.3 Å². The van der Waals surface area contributed by atoms with Crippen molar-refractivity contribution in [2.45, 2.75) is 25.6 Å². The van der Waals surface area contributed by atoms with Gasteiger partial charge in [-0.25, -0.2) is 0 Å². The van der Waals surface area contributed by atoms with Gasteiger partial charge >= 0.3 is 0 Å². The van der Waals surface area contributed by atoms with Gasteiger partial charge in [-0.05, 0) is 30.2 Å². The average molecular weight is 388 g/mol. The van der Waals surface area contributed by atoms with Crippen LogP contribution in [-0.2, 0) is 22.6 Å². The maximum atomic E-state index is 11.3. The Morgan fingerprint density at radius 3 is 2.63 bits per heavy atom. The Morgan fingerprint density at radius 1 is 1.19 bits per heavy atom. The summed E-state index contributed by atoms with van der Waals surface area (Å²) in [7, 11) is 0. The van der Waals surface area contributed by atoms with Gasteiger partial charge in [-0.3, -0.25) is 0 Å². The van der Waals surface area contributed by atoms with Crippen LogP contribution in [0.25, 0.3) is 0 Å². The molecule has 5 nitrogen and oxygen atoms in total. The van der Waals surface area contributed by atoms with Crippen molar-refractivity contribution in [1.29, 1.82) is 0 Å². The smallest absolute Gasteiger partial charge is 0.115 e. The van der Waals surface area contributed by atoms with Gasteiger partial charge in [0.05, 0.1) is 18.8 Å². The zero-order valence-electron chi connectivity index (χ0n) is 16.1. The van der Waals surface area contributed by atoms with Crippen molar-refractivity contribution in [3.05, 3.63) is 65.7 Å². The van der Waals surface area contributed by atoms with E-state index in [0.717, 1.165) is 38.3 Å². The molecule has 0 aliphatic carbocycles. The van der Waals surface area contributed by atoms with E-state index in [2.05, 4.69) is 63.5 Å². The number of rotatable bonds is 8. The molecule has 1 aliphatic heterocycles. The van der Waals surface area contributed by atoms with E-state index >= 15 is 0 Å². The van der Waals surface area contributed by atoms with Crippen LogP contribution in [0.1, 0.15) is 24.1 Å². The highest BCUT2D eigenvalue weighted by Crippen LogP contribution is 2.17. The minimum atomic E-state index is -1.01. The number of nitrogens with zero attached hydrogens (tertiary/aromatic N) is 1. The molecule has 6 heteroatoms. The summed E-state index contributed by atoms with van der Waals surface area (Å²) in [5.41, 5.74) is 3.64. The van der Waals surface area contributed by atoms with Crippen LogP contribution in [0.2, 0.25) is 0 Å². The average Bonchev–Trinajstić information content (AvgIpc) is 2.69. The molecule has 1 aliphatic rings. The summed E-state index contributed by atoms with van der Waals surface area (Å²) in [6.07, 6.45) is 1.85. The van der Waals surface area contributed by atoms with Crippen molar-refractivity contribution >= 4 is 17.0 Å². The molecule has 2 aromatic carbocycles. The van der Waals surface area contributed by atoms with E-state index in [1.54, 1.807) is 6.26 Å². The highest BCUT2D eigenvalue weighted by Gasteiger charge is 2.20. The highest BCUT2D eigenvalue weighted by atomic mass is 32.2. The summed E-state index contributed by atoms with van der Waals surface area (Å²) in [5.74, 6) is 0. The summed E-state index contributed by atoms with van der Waals surface area (Å²) in [6, 6.07) is 19.0. The van der Waals surface area contributed by atoms with E-state index in [0.29, 0.717) is 0 Å². The Bertz CT molecular complexity index is 682. The number of anilines is 1. The third-order valence-corrected chi connectivity index (χ3v) is 5.47. The zero-order valence-corrected chi connectivity index (χ0v) is 16.9. The van der Waals surface area contributed by atoms with Gasteiger partial charge in [-0.1, -0.05) is 42.5 Å². The van der Waals surface area contributed by atoms with E-state index in [9.17, 15) is 4.55 Å². The molecule has 27 heavy (non-hydrogen) atoms. The molecule has 146 valence electrons. The molecular weight excluding hydrogens is 358 g/mol. The molecule has 1 fully saturated rings. The second kappa shape index (κ2) is 10.1. The number of morpholine rings is 1. The molecule has 0 bridgehead atoms. The Balaban J connectivity index is 1.44. The molecule has 0 spiro atoms. The van der Waals surface area contributed by atoms with Gasteiger partial charge < -0.3 is 19.5 Å². The zero-order chi connectivity index (χ0) is 19.1.